The Bertz CT molecular complexity index is 660. The predicted octanol–water partition coefficient (Wildman–Crippen LogP) is 2.76. The fraction of sp³-hybridized carbons (Fsp3) is 0.650. The number of nitrogens with one attached hydrogen (secondary N) is 1. The van der Waals surface area contributed by atoms with Crippen LogP contribution in [0.5, 0.6) is 5.75 Å². The Balaban J connectivity index is 1.32. The Morgan fingerprint density at radius 2 is 2.00 bits per heavy atom. The van der Waals surface area contributed by atoms with E-state index >= 15 is 0 Å². The molecule has 0 spiro atoms. The lowest BCUT2D eigenvalue weighted by Gasteiger charge is -2.45. The Kier molecular flexibility index (Phi) is 5.02. The summed E-state index contributed by atoms with van der Waals surface area (Å²) in [5.41, 5.74) is 0.902. The minimum atomic E-state index is -0.600. The fourth-order valence-corrected chi connectivity index (χ4v) is 4.87. The van der Waals surface area contributed by atoms with E-state index < -0.39 is 5.82 Å². The van der Waals surface area contributed by atoms with E-state index in [1.165, 1.54) is 38.1 Å². The fourth-order valence-electron chi connectivity index (χ4n) is 4.87. The van der Waals surface area contributed by atoms with Gasteiger partial charge in [0, 0.05) is 32.1 Å². The molecule has 1 aromatic rings. The molecule has 0 aromatic heterocycles. The third-order valence-corrected chi connectivity index (χ3v) is 6.46. The zero-order valence-corrected chi connectivity index (χ0v) is 15.2. The quantitative estimate of drug-likeness (QED) is 0.870. The topological polar surface area (TPSA) is 55.8 Å². The minimum absolute atomic E-state index is 0.0116. The maximum Gasteiger partial charge on any atom is 0.317 e. The Morgan fingerprint density at radius 1 is 1.19 bits per heavy atom. The van der Waals surface area contributed by atoms with Gasteiger partial charge in [0.2, 0.25) is 0 Å². The molecule has 2 bridgehead atoms. The molecular weight excluding hydrogens is 333 g/mol. The molecule has 26 heavy (non-hydrogen) atoms. The molecule has 5 rings (SSSR count). The first kappa shape index (κ1) is 17.6. The summed E-state index contributed by atoms with van der Waals surface area (Å²) in [4.78, 5) is 17.0. The van der Waals surface area contributed by atoms with Crippen LogP contribution in [0.2, 0.25) is 0 Å². The number of nitrogens with zero attached hydrogens (tertiary/aromatic N) is 2. The molecule has 0 saturated carbocycles. The summed E-state index contributed by atoms with van der Waals surface area (Å²) in [7, 11) is 0. The predicted molar refractivity (Wildman–Crippen MR) is 97.7 cm³/mol. The van der Waals surface area contributed by atoms with Gasteiger partial charge in [-0.15, -0.1) is 0 Å². The van der Waals surface area contributed by atoms with Crippen molar-refractivity contribution in [3.05, 3.63) is 29.6 Å². The highest BCUT2D eigenvalue weighted by molar-refractivity contribution is 5.74. The van der Waals surface area contributed by atoms with Crippen LogP contribution in [-0.2, 0) is 0 Å². The maximum absolute atomic E-state index is 13.3. The average Bonchev–Trinajstić information content (AvgIpc) is 2.69. The van der Waals surface area contributed by atoms with E-state index in [1.807, 2.05) is 4.90 Å². The van der Waals surface area contributed by atoms with Crippen molar-refractivity contribution in [1.82, 2.24) is 15.1 Å². The van der Waals surface area contributed by atoms with Gasteiger partial charge < -0.3 is 20.2 Å². The van der Waals surface area contributed by atoms with Crippen LogP contribution in [0.1, 0.15) is 37.2 Å². The van der Waals surface area contributed by atoms with Crippen LogP contribution >= 0.6 is 0 Å². The van der Waals surface area contributed by atoms with Crippen LogP contribution in [0.25, 0.3) is 0 Å². The Morgan fingerprint density at radius 3 is 2.69 bits per heavy atom. The van der Waals surface area contributed by atoms with Gasteiger partial charge in [0.25, 0.3) is 0 Å². The molecule has 6 heteroatoms. The number of phenols is 1. The number of amides is 2. The lowest BCUT2D eigenvalue weighted by atomic mass is 9.79. The van der Waals surface area contributed by atoms with Gasteiger partial charge in [0.05, 0.1) is 0 Å². The summed E-state index contributed by atoms with van der Waals surface area (Å²) < 4.78 is 13.3. The zero-order valence-electron chi connectivity index (χ0n) is 15.2. The van der Waals surface area contributed by atoms with Crippen molar-refractivity contribution in [2.45, 2.75) is 31.6 Å². The zero-order chi connectivity index (χ0) is 18.1. The molecule has 2 N–H and O–H groups in total. The van der Waals surface area contributed by atoms with Crippen molar-refractivity contribution >= 4 is 6.03 Å². The molecule has 4 aliphatic heterocycles. The average molecular weight is 361 g/mol. The second kappa shape index (κ2) is 7.43. The molecule has 4 saturated heterocycles. The molecule has 0 aliphatic carbocycles. The lowest BCUT2D eigenvalue weighted by molar-refractivity contribution is 0.0512. The number of urea groups is 1. The van der Waals surface area contributed by atoms with Gasteiger partial charge in [0.15, 0.2) is 11.6 Å². The van der Waals surface area contributed by atoms with E-state index in [0.29, 0.717) is 12.5 Å². The number of halogens is 1. The summed E-state index contributed by atoms with van der Waals surface area (Å²) in [6.07, 6.45) is 4.41. The molecule has 4 fully saturated rings. The number of aromatic hydroxyl groups is 1. The highest BCUT2D eigenvalue weighted by Crippen LogP contribution is 2.32. The van der Waals surface area contributed by atoms with Gasteiger partial charge in [-0.1, -0.05) is 6.07 Å². The molecule has 0 radical (unpaired) electrons. The third-order valence-electron chi connectivity index (χ3n) is 6.46. The van der Waals surface area contributed by atoms with Crippen molar-refractivity contribution < 1.29 is 14.3 Å². The molecule has 5 nitrogen and oxygen atoms in total. The molecule has 142 valence electrons. The van der Waals surface area contributed by atoms with Crippen LogP contribution in [-0.4, -0.2) is 60.2 Å². The summed E-state index contributed by atoms with van der Waals surface area (Å²) in [5.74, 6) is 0.577. The first-order valence-electron chi connectivity index (χ1n) is 9.83. The van der Waals surface area contributed by atoms with Gasteiger partial charge >= 0.3 is 6.03 Å². The van der Waals surface area contributed by atoms with Gasteiger partial charge in [-0.3, -0.25) is 0 Å². The summed E-state index contributed by atoms with van der Waals surface area (Å²) in [6, 6.07) is 4.53. The highest BCUT2D eigenvalue weighted by Gasteiger charge is 2.34. The standard InChI is InChI=1S/C20H28FN3O2/c21-18-4-3-15(10-19(18)25)16-2-1-7-24(13-16)20(26)22-11-17-12-23-8-5-14(17)6-9-23/h3-4,10,14,16-17,25H,1-2,5-9,11-13H2,(H,22,26). The van der Waals surface area contributed by atoms with Crippen LogP contribution in [0.15, 0.2) is 18.2 Å². The van der Waals surface area contributed by atoms with E-state index in [2.05, 4.69) is 10.2 Å². The molecule has 1 aromatic carbocycles. The van der Waals surface area contributed by atoms with E-state index in [4.69, 9.17) is 0 Å². The van der Waals surface area contributed by atoms with Crippen molar-refractivity contribution in [1.29, 1.82) is 0 Å². The summed E-state index contributed by atoms with van der Waals surface area (Å²) in [6.45, 7) is 5.69. The molecule has 2 amide bonds. The SMILES string of the molecule is O=C(NCC1CN2CCC1CC2)N1CCCC(c2ccc(F)c(O)c2)C1. The lowest BCUT2D eigenvalue weighted by Crippen LogP contribution is -2.52. The molecular formula is C20H28FN3O2. The molecule has 2 unspecified atom stereocenters. The van der Waals surface area contributed by atoms with Crippen molar-refractivity contribution in [3.8, 4) is 5.75 Å². The monoisotopic (exact) mass is 361 g/mol. The van der Waals surface area contributed by atoms with Crippen LogP contribution in [0.3, 0.4) is 0 Å². The van der Waals surface area contributed by atoms with Crippen molar-refractivity contribution in [2.75, 3.05) is 39.3 Å². The normalized spacial score (nSPS) is 31.0. The van der Waals surface area contributed by atoms with Gasteiger partial charge in [-0.25, -0.2) is 9.18 Å². The van der Waals surface area contributed by atoms with E-state index in [1.54, 1.807) is 6.07 Å². The van der Waals surface area contributed by atoms with Crippen molar-refractivity contribution in [2.24, 2.45) is 11.8 Å². The smallest absolute Gasteiger partial charge is 0.317 e. The van der Waals surface area contributed by atoms with Crippen LogP contribution in [0.4, 0.5) is 9.18 Å². The number of fused-ring (bicyclic) bond motifs is 3. The highest BCUT2D eigenvalue weighted by atomic mass is 19.1. The number of hydrogen-bond donors (Lipinski definition) is 2. The second-order valence-corrected chi connectivity index (χ2v) is 8.08. The van der Waals surface area contributed by atoms with Gasteiger partial charge in [-0.05, 0) is 68.3 Å². The Hall–Kier alpha value is -1.82. The number of rotatable bonds is 3. The first-order chi connectivity index (χ1) is 12.6. The van der Waals surface area contributed by atoms with Gasteiger partial charge in [0.1, 0.15) is 0 Å². The molecule has 4 aliphatic rings. The number of likely N-dealkylation sites (tertiary alicyclic amines) is 1. The number of benzene rings is 1. The maximum atomic E-state index is 13.3. The van der Waals surface area contributed by atoms with Gasteiger partial charge in [-0.2, -0.15) is 0 Å². The second-order valence-electron chi connectivity index (χ2n) is 8.08. The number of carbonyl (C=O) groups is 1. The van der Waals surface area contributed by atoms with E-state index in [0.717, 1.165) is 44.0 Å². The Labute approximate surface area is 154 Å². The van der Waals surface area contributed by atoms with Crippen LogP contribution < -0.4 is 5.32 Å². The third kappa shape index (κ3) is 3.65. The van der Waals surface area contributed by atoms with Crippen molar-refractivity contribution in [3.63, 3.8) is 0 Å². The summed E-state index contributed by atoms with van der Waals surface area (Å²) >= 11 is 0. The number of piperidine rings is 4. The first-order valence-corrected chi connectivity index (χ1v) is 9.83. The number of phenolic OH excluding ortho intramolecular Hbond substituents is 1. The van der Waals surface area contributed by atoms with E-state index in [9.17, 15) is 14.3 Å². The minimum Gasteiger partial charge on any atom is -0.505 e. The number of hydrogen-bond acceptors (Lipinski definition) is 3. The molecule has 4 heterocycles. The van der Waals surface area contributed by atoms with E-state index in [-0.39, 0.29) is 17.7 Å². The largest absolute Gasteiger partial charge is 0.505 e. The van der Waals surface area contributed by atoms with Crippen LogP contribution in [0, 0.1) is 17.7 Å². The number of carbonyl (C=O) groups excluding carboxylic acids is 1. The summed E-state index contributed by atoms with van der Waals surface area (Å²) in [5, 5.41) is 12.8. The molecule has 2 atom stereocenters.